The van der Waals surface area contributed by atoms with Crippen molar-refractivity contribution in [3.05, 3.63) is 83.6 Å². The van der Waals surface area contributed by atoms with E-state index in [1.807, 2.05) is 30.3 Å². The summed E-state index contributed by atoms with van der Waals surface area (Å²) in [5, 5.41) is 5.31. The summed E-state index contributed by atoms with van der Waals surface area (Å²) in [4.78, 5) is 12.2. The van der Waals surface area contributed by atoms with Gasteiger partial charge >= 0.3 is 0 Å². The smallest absolute Gasteiger partial charge is 0.244 e. The standard InChI is InChI=1S/C23H25N3O/c1-4-14-26-17(3)21(20-8-6-7-9-22(20)26)16-24-25-23(27)15-19-12-10-18(5-2)11-13-19/h4,6-13,16H,1,5,14-15H2,2-3H3,(H,25,27)/b24-16-. The van der Waals surface area contributed by atoms with Crippen LogP contribution in [0.1, 0.15) is 29.3 Å². The monoisotopic (exact) mass is 359 g/mol. The van der Waals surface area contributed by atoms with Crippen molar-refractivity contribution < 1.29 is 4.79 Å². The lowest BCUT2D eigenvalue weighted by Gasteiger charge is -2.04. The molecule has 1 aromatic heterocycles. The molecule has 27 heavy (non-hydrogen) atoms. The van der Waals surface area contributed by atoms with E-state index in [0.717, 1.165) is 40.7 Å². The summed E-state index contributed by atoms with van der Waals surface area (Å²) >= 11 is 0. The molecule has 0 unspecified atom stereocenters. The zero-order chi connectivity index (χ0) is 19.2. The van der Waals surface area contributed by atoms with Crippen molar-refractivity contribution in [3.8, 4) is 0 Å². The van der Waals surface area contributed by atoms with Gasteiger partial charge in [-0.15, -0.1) is 6.58 Å². The molecule has 1 N–H and O–H groups in total. The van der Waals surface area contributed by atoms with Gasteiger partial charge in [0.2, 0.25) is 5.91 Å². The van der Waals surface area contributed by atoms with Crippen LogP contribution in [0.3, 0.4) is 0 Å². The van der Waals surface area contributed by atoms with Crippen molar-refractivity contribution in [2.24, 2.45) is 5.10 Å². The number of fused-ring (bicyclic) bond motifs is 1. The van der Waals surface area contributed by atoms with Crippen LogP contribution in [0.5, 0.6) is 0 Å². The number of hydrogen-bond acceptors (Lipinski definition) is 2. The maximum absolute atomic E-state index is 12.2. The Labute approximate surface area is 160 Å². The number of nitrogens with zero attached hydrogens (tertiary/aromatic N) is 2. The molecular weight excluding hydrogens is 334 g/mol. The average Bonchev–Trinajstić information content (AvgIpc) is 2.95. The predicted molar refractivity (Wildman–Crippen MR) is 112 cm³/mol. The Morgan fingerprint density at radius 3 is 2.56 bits per heavy atom. The van der Waals surface area contributed by atoms with Gasteiger partial charge in [-0.3, -0.25) is 4.79 Å². The minimum absolute atomic E-state index is 0.122. The van der Waals surface area contributed by atoms with Gasteiger partial charge in [-0.2, -0.15) is 5.10 Å². The summed E-state index contributed by atoms with van der Waals surface area (Å²) in [6, 6.07) is 16.3. The first-order chi connectivity index (χ1) is 13.1. The van der Waals surface area contributed by atoms with E-state index in [2.05, 4.69) is 59.8 Å². The van der Waals surface area contributed by atoms with Crippen molar-refractivity contribution >= 4 is 23.0 Å². The predicted octanol–water partition coefficient (Wildman–Crippen LogP) is 4.39. The normalized spacial score (nSPS) is 11.2. The number of carbonyl (C=O) groups is 1. The molecule has 138 valence electrons. The molecule has 1 amide bonds. The Balaban J connectivity index is 1.73. The van der Waals surface area contributed by atoms with E-state index in [1.54, 1.807) is 6.21 Å². The van der Waals surface area contributed by atoms with Gasteiger partial charge in [0.1, 0.15) is 0 Å². The number of allylic oxidation sites excluding steroid dienone is 1. The van der Waals surface area contributed by atoms with Crippen LogP contribution >= 0.6 is 0 Å². The second-order valence-corrected chi connectivity index (χ2v) is 6.56. The Hall–Kier alpha value is -3.14. The van der Waals surface area contributed by atoms with Gasteiger partial charge in [-0.25, -0.2) is 5.43 Å². The molecule has 4 nitrogen and oxygen atoms in total. The van der Waals surface area contributed by atoms with Crippen LogP contribution in [-0.2, 0) is 24.2 Å². The Kier molecular flexibility index (Phi) is 5.87. The molecule has 0 aliphatic rings. The molecule has 3 aromatic rings. The number of hydrogen-bond donors (Lipinski definition) is 1. The van der Waals surface area contributed by atoms with Gasteiger partial charge in [0.25, 0.3) is 0 Å². The van der Waals surface area contributed by atoms with Crippen molar-refractivity contribution in [1.29, 1.82) is 0 Å². The fourth-order valence-corrected chi connectivity index (χ4v) is 3.27. The maximum Gasteiger partial charge on any atom is 0.244 e. The highest BCUT2D eigenvalue weighted by molar-refractivity contribution is 6.01. The van der Waals surface area contributed by atoms with Gasteiger partial charge in [0.05, 0.1) is 12.6 Å². The fraction of sp³-hybridized carbons (Fsp3) is 0.217. The number of aromatic nitrogens is 1. The van der Waals surface area contributed by atoms with Crippen LogP contribution in [0.2, 0.25) is 0 Å². The first kappa shape index (κ1) is 18.6. The number of amides is 1. The van der Waals surface area contributed by atoms with Crippen LogP contribution in [0.4, 0.5) is 0 Å². The van der Waals surface area contributed by atoms with Gasteiger partial charge in [0.15, 0.2) is 0 Å². The summed E-state index contributed by atoms with van der Waals surface area (Å²) in [7, 11) is 0. The van der Waals surface area contributed by atoms with Crippen LogP contribution in [0.15, 0.2) is 66.3 Å². The van der Waals surface area contributed by atoms with E-state index < -0.39 is 0 Å². The number of benzene rings is 2. The lowest BCUT2D eigenvalue weighted by atomic mass is 10.1. The molecule has 0 saturated heterocycles. The number of aryl methyl sites for hydroxylation is 1. The third kappa shape index (κ3) is 4.17. The molecule has 0 aliphatic heterocycles. The second-order valence-electron chi connectivity index (χ2n) is 6.56. The highest BCUT2D eigenvalue weighted by atomic mass is 16.2. The molecule has 0 aliphatic carbocycles. The molecule has 0 radical (unpaired) electrons. The minimum Gasteiger partial charge on any atom is -0.340 e. The zero-order valence-electron chi connectivity index (χ0n) is 15.9. The highest BCUT2D eigenvalue weighted by Gasteiger charge is 2.11. The van der Waals surface area contributed by atoms with E-state index in [9.17, 15) is 4.79 Å². The number of hydrazone groups is 1. The highest BCUT2D eigenvalue weighted by Crippen LogP contribution is 2.24. The molecule has 0 spiro atoms. The number of rotatable bonds is 7. The summed E-state index contributed by atoms with van der Waals surface area (Å²) in [5.74, 6) is -0.122. The molecule has 1 heterocycles. The molecule has 4 heteroatoms. The van der Waals surface area contributed by atoms with Gasteiger partial charge in [-0.1, -0.05) is 55.5 Å². The fourth-order valence-electron chi connectivity index (χ4n) is 3.27. The number of nitrogens with one attached hydrogen (secondary N) is 1. The first-order valence-electron chi connectivity index (χ1n) is 9.22. The van der Waals surface area contributed by atoms with Gasteiger partial charge in [-0.05, 0) is 30.5 Å². The van der Waals surface area contributed by atoms with Crippen LogP contribution in [0, 0.1) is 6.92 Å². The van der Waals surface area contributed by atoms with Crippen molar-refractivity contribution in [3.63, 3.8) is 0 Å². The first-order valence-corrected chi connectivity index (χ1v) is 9.22. The average molecular weight is 359 g/mol. The van der Waals surface area contributed by atoms with Crippen molar-refractivity contribution in [2.75, 3.05) is 0 Å². The quantitative estimate of drug-likeness (QED) is 0.379. The van der Waals surface area contributed by atoms with Crippen molar-refractivity contribution in [2.45, 2.75) is 33.2 Å². The van der Waals surface area contributed by atoms with Crippen LogP contribution in [0.25, 0.3) is 10.9 Å². The second kappa shape index (κ2) is 8.49. The van der Waals surface area contributed by atoms with E-state index in [-0.39, 0.29) is 5.91 Å². The summed E-state index contributed by atoms with van der Waals surface area (Å²) in [6.45, 7) is 8.75. The third-order valence-electron chi connectivity index (χ3n) is 4.77. The zero-order valence-corrected chi connectivity index (χ0v) is 15.9. The maximum atomic E-state index is 12.2. The van der Waals surface area contributed by atoms with Crippen LogP contribution in [-0.4, -0.2) is 16.7 Å². The largest absolute Gasteiger partial charge is 0.340 e. The van der Waals surface area contributed by atoms with Gasteiger partial charge < -0.3 is 4.57 Å². The molecule has 0 bridgehead atoms. The lowest BCUT2D eigenvalue weighted by molar-refractivity contribution is -0.120. The minimum atomic E-state index is -0.122. The molecule has 3 rings (SSSR count). The molecule has 2 aromatic carbocycles. The lowest BCUT2D eigenvalue weighted by Crippen LogP contribution is -2.19. The Morgan fingerprint density at radius 2 is 1.85 bits per heavy atom. The Bertz CT molecular complexity index is 981. The summed E-state index contributed by atoms with van der Waals surface area (Å²) in [5.41, 5.74) is 8.15. The van der Waals surface area contributed by atoms with Crippen molar-refractivity contribution in [1.82, 2.24) is 9.99 Å². The number of carbonyl (C=O) groups excluding carboxylic acids is 1. The summed E-state index contributed by atoms with van der Waals surface area (Å²) < 4.78 is 2.20. The number of para-hydroxylation sites is 1. The Morgan fingerprint density at radius 1 is 1.15 bits per heavy atom. The van der Waals surface area contributed by atoms with Crippen LogP contribution < -0.4 is 5.43 Å². The third-order valence-corrected chi connectivity index (χ3v) is 4.77. The summed E-state index contributed by atoms with van der Waals surface area (Å²) in [6.07, 6.45) is 4.93. The van der Waals surface area contributed by atoms with E-state index in [4.69, 9.17) is 0 Å². The topological polar surface area (TPSA) is 46.4 Å². The van der Waals surface area contributed by atoms with E-state index >= 15 is 0 Å². The van der Waals surface area contributed by atoms with E-state index in [1.165, 1.54) is 5.56 Å². The van der Waals surface area contributed by atoms with E-state index in [0.29, 0.717) is 6.42 Å². The SMILES string of the molecule is C=CCn1c(C)c(/C=N\NC(=O)Cc2ccc(CC)cc2)c2ccccc21. The molecule has 0 saturated carbocycles. The molecular formula is C23H25N3O. The molecule has 0 atom stereocenters. The van der Waals surface area contributed by atoms with Gasteiger partial charge in [0, 0.05) is 28.7 Å². The molecule has 0 fully saturated rings.